The van der Waals surface area contributed by atoms with Gasteiger partial charge in [0, 0.05) is 13.1 Å². The predicted octanol–water partition coefficient (Wildman–Crippen LogP) is 0.661. The highest BCUT2D eigenvalue weighted by Gasteiger charge is 2.24. The van der Waals surface area contributed by atoms with Gasteiger partial charge in [-0.1, -0.05) is 11.6 Å². The number of sulfonamides is 1. The molecule has 0 aromatic heterocycles. The molecular weight excluding hydrogens is 310 g/mol. The number of carbonyl (C=O) groups excluding carboxylic acids is 1. The first-order valence-corrected chi connectivity index (χ1v) is 7.23. The van der Waals surface area contributed by atoms with Crippen molar-refractivity contribution in [2.24, 2.45) is 0 Å². The van der Waals surface area contributed by atoms with Gasteiger partial charge in [-0.2, -0.15) is 4.72 Å². The smallest absolute Gasteiger partial charge is 0.289 e. The van der Waals surface area contributed by atoms with Gasteiger partial charge in [-0.05, 0) is 19.1 Å². The Morgan fingerprint density at radius 1 is 1.45 bits per heavy atom. The third kappa shape index (κ3) is 3.65. The van der Waals surface area contributed by atoms with Crippen LogP contribution < -0.4 is 10.0 Å². The average Bonchev–Trinajstić information content (AvgIpc) is 2.36. The molecule has 0 saturated heterocycles. The van der Waals surface area contributed by atoms with Gasteiger partial charge in [-0.3, -0.25) is 14.9 Å². The number of rotatable bonds is 5. The topological polar surface area (TPSA) is 118 Å². The lowest BCUT2D eigenvalue weighted by atomic mass is 10.3. The molecule has 1 aromatic carbocycles. The normalized spacial score (nSPS) is 12.8. The summed E-state index contributed by atoms with van der Waals surface area (Å²) in [4.78, 5) is 20.9. The van der Waals surface area contributed by atoms with Crippen LogP contribution in [0.2, 0.25) is 5.02 Å². The maximum atomic E-state index is 12.0. The van der Waals surface area contributed by atoms with Crippen molar-refractivity contribution in [3.05, 3.63) is 33.3 Å². The molecule has 0 saturated carbocycles. The number of hydrogen-bond donors (Lipinski definition) is 2. The number of hydrogen-bond acceptors (Lipinski definition) is 5. The number of likely N-dealkylation sites (N-methyl/N-ethyl adjacent to an activating group) is 1. The fraction of sp³-hybridized carbons (Fsp3) is 0.300. The Hall–Kier alpha value is -1.71. The molecule has 0 aliphatic heterocycles. The minimum absolute atomic E-state index is 0.173. The van der Waals surface area contributed by atoms with E-state index in [1.807, 2.05) is 0 Å². The largest absolute Gasteiger partial charge is 0.358 e. The van der Waals surface area contributed by atoms with Crippen molar-refractivity contribution in [3.63, 3.8) is 0 Å². The van der Waals surface area contributed by atoms with Crippen molar-refractivity contribution < 1.29 is 18.1 Å². The highest BCUT2D eigenvalue weighted by atomic mass is 35.5. The van der Waals surface area contributed by atoms with E-state index in [0.717, 1.165) is 18.2 Å². The molecule has 8 nitrogen and oxygen atoms in total. The maximum absolute atomic E-state index is 12.0. The number of halogens is 1. The summed E-state index contributed by atoms with van der Waals surface area (Å²) in [6, 6.07) is 2.05. The summed E-state index contributed by atoms with van der Waals surface area (Å²) in [6.07, 6.45) is 0. The Morgan fingerprint density at radius 3 is 2.55 bits per heavy atom. The molecule has 0 radical (unpaired) electrons. The molecule has 0 aliphatic carbocycles. The van der Waals surface area contributed by atoms with Gasteiger partial charge >= 0.3 is 0 Å². The zero-order valence-electron chi connectivity index (χ0n) is 10.6. The fourth-order valence-electron chi connectivity index (χ4n) is 1.37. The third-order valence-corrected chi connectivity index (χ3v) is 4.25. The Morgan fingerprint density at radius 2 is 2.05 bits per heavy atom. The Bertz CT molecular complexity index is 646. The molecule has 2 N–H and O–H groups in total. The van der Waals surface area contributed by atoms with E-state index in [4.69, 9.17) is 11.6 Å². The predicted molar refractivity (Wildman–Crippen MR) is 72.0 cm³/mol. The van der Waals surface area contributed by atoms with Gasteiger partial charge in [0.05, 0.1) is 15.9 Å². The van der Waals surface area contributed by atoms with E-state index in [9.17, 15) is 23.3 Å². The second kappa shape index (κ2) is 6.16. The highest BCUT2D eigenvalue weighted by molar-refractivity contribution is 7.89. The average molecular weight is 322 g/mol. The van der Waals surface area contributed by atoms with Gasteiger partial charge in [-0.15, -0.1) is 0 Å². The zero-order chi connectivity index (χ0) is 15.5. The van der Waals surface area contributed by atoms with Gasteiger partial charge in [0.2, 0.25) is 15.9 Å². The van der Waals surface area contributed by atoms with E-state index in [1.54, 1.807) is 0 Å². The summed E-state index contributed by atoms with van der Waals surface area (Å²) < 4.78 is 26.1. The molecule has 0 heterocycles. The van der Waals surface area contributed by atoms with E-state index in [0.29, 0.717) is 0 Å². The summed E-state index contributed by atoms with van der Waals surface area (Å²) in [7, 11) is -2.70. The van der Waals surface area contributed by atoms with Gasteiger partial charge in [0.15, 0.2) is 0 Å². The quantitative estimate of drug-likeness (QED) is 0.610. The molecular formula is C10H12ClN3O5S. The second-order valence-electron chi connectivity index (χ2n) is 3.83. The summed E-state index contributed by atoms with van der Waals surface area (Å²) in [5.41, 5.74) is -0.526. The van der Waals surface area contributed by atoms with Crippen LogP contribution in [-0.4, -0.2) is 32.3 Å². The van der Waals surface area contributed by atoms with E-state index < -0.39 is 32.6 Å². The highest BCUT2D eigenvalue weighted by Crippen LogP contribution is 2.27. The van der Waals surface area contributed by atoms with Crippen LogP contribution in [0, 0.1) is 10.1 Å². The summed E-state index contributed by atoms with van der Waals surface area (Å²) in [5, 5.41) is 12.8. The zero-order valence-corrected chi connectivity index (χ0v) is 12.2. The molecule has 1 aromatic rings. The van der Waals surface area contributed by atoms with Crippen LogP contribution >= 0.6 is 11.6 Å². The fourth-order valence-corrected chi connectivity index (χ4v) is 2.78. The molecule has 0 spiro atoms. The van der Waals surface area contributed by atoms with Gasteiger partial charge in [-0.25, -0.2) is 8.42 Å². The first kappa shape index (κ1) is 16.3. The van der Waals surface area contributed by atoms with E-state index in [2.05, 4.69) is 10.0 Å². The van der Waals surface area contributed by atoms with Crippen molar-refractivity contribution in [2.75, 3.05) is 7.05 Å². The van der Waals surface area contributed by atoms with Crippen molar-refractivity contribution in [2.45, 2.75) is 17.9 Å². The van der Waals surface area contributed by atoms with E-state index >= 15 is 0 Å². The molecule has 20 heavy (non-hydrogen) atoms. The van der Waals surface area contributed by atoms with Crippen molar-refractivity contribution in [1.82, 2.24) is 10.0 Å². The molecule has 1 rings (SSSR count). The van der Waals surface area contributed by atoms with Crippen LogP contribution in [0.1, 0.15) is 6.92 Å². The Kier molecular flexibility index (Phi) is 5.03. The van der Waals surface area contributed by atoms with Gasteiger partial charge in [0.1, 0.15) is 5.02 Å². The minimum atomic E-state index is -4.06. The van der Waals surface area contributed by atoms with Gasteiger partial charge in [0.25, 0.3) is 5.69 Å². The monoisotopic (exact) mass is 321 g/mol. The van der Waals surface area contributed by atoms with Gasteiger partial charge < -0.3 is 5.32 Å². The van der Waals surface area contributed by atoms with Crippen LogP contribution in [-0.2, 0) is 14.8 Å². The molecule has 1 unspecified atom stereocenters. The number of nitrogens with one attached hydrogen (secondary N) is 2. The number of benzene rings is 1. The summed E-state index contributed by atoms with van der Waals surface area (Å²) >= 11 is 5.60. The van der Waals surface area contributed by atoms with Crippen LogP contribution in [0.25, 0.3) is 0 Å². The number of nitrogens with zero attached hydrogens (tertiary/aromatic N) is 1. The molecule has 1 amide bonds. The lowest BCUT2D eigenvalue weighted by Crippen LogP contribution is -2.43. The molecule has 0 fully saturated rings. The Balaban J connectivity index is 3.13. The van der Waals surface area contributed by atoms with Crippen LogP contribution in [0.4, 0.5) is 5.69 Å². The van der Waals surface area contributed by atoms with Crippen LogP contribution in [0.5, 0.6) is 0 Å². The van der Waals surface area contributed by atoms with Crippen molar-refractivity contribution >= 4 is 33.2 Å². The molecule has 0 aliphatic rings. The third-order valence-electron chi connectivity index (χ3n) is 2.40. The second-order valence-corrected chi connectivity index (χ2v) is 5.95. The SMILES string of the molecule is CNC(=O)C(C)NS(=O)(=O)c1ccc(Cl)c([N+](=O)[O-])c1. The first-order chi connectivity index (χ1) is 9.19. The Labute approximate surface area is 120 Å². The lowest BCUT2D eigenvalue weighted by molar-refractivity contribution is -0.384. The standard InChI is InChI=1S/C10H12ClN3O5S/c1-6(10(15)12-2)13-20(18,19)7-3-4-8(11)9(5-7)14(16)17/h3-6,13H,1-2H3,(H,12,15). The van der Waals surface area contributed by atoms with Crippen molar-refractivity contribution in [1.29, 1.82) is 0 Å². The molecule has 10 heteroatoms. The van der Waals surface area contributed by atoms with E-state index in [-0.39, 0.29) is 9.92 Å². The summed E-state index contributed by atoms with van der Waals surface area (Å²) in [5.74, 6) is -0.531. The maximum Gasteiger partial charge on any atom is 0.289 e. The number of amides is 1. The number of carbonyl (C=O) groups is 1. The minimum Gasteiger partial charge on any atom is -0.358 e. The van der Waals surface area contributed by atoms with Crippen molar-refractivity contribution in [3.8, 4) is 0 Å². The number of nitro benzene ring substituents is 1. The summed E-state index contributed by atoms with van der Waals surface area (Å²) in [6.45, 7) is 1.35. The van der Waals surface area contributed by atoms with E-state index in [1.165, 1.54) is 14.0 Å². The molecule has 0 bridgehead atoms. The number of nitro groups is 1. The van der Waals surface area contributed by atoms with Crippen LogP contribution in [0.3, 0.4) is 0 Å². The molecule has 1 atom stereocenters. The molecule has 110 valence electrons. The lowest BCUT2D eigenvalue weighted by Gasteiger charge is -2.12. The first-order valence-electron chi connectivity index (χ1n) is 5.37. The van der Waals surface area contributed by atoms with Crippen LogP contribution in [0.15, 0.2) is 23.1 Å².